The van der Waals surface area contributed by atoms with Gasteiger partial charge in [-0.3, -0.25) is 0 Å². The van der Waals surface area contributed by atoms with Gasteiger partial charge in [-0.05, 0) is 18.9 Å². The van der Waals surface area contributed by atoms with E-state index in [1.54, 1.807) is 0 Å². The second-order valence-electron chi connectivity index (χ2n) is 6.38. The van der Waals surface area contributed by atoms with Gasteiger partial charge >= 0.3 is 6.18 Å². The van der Waals surface area contributed by atoms with Crippen molar-refractivity contribution >= 4 is 22.4 Å². The van der Waals surface area contributed by atoms with Crippen molar-refractivity contribution in [3.63, 3.8) is 0 Å². The van der Waals surface area contributed by atoms with Gasteiger partial charge in [0.15, 0.2) is 10.8 Å². The average molecular weight is 371 g/mol. The Balaban J connectivity index is 1.69. The summed E-state index contributed by atoms with van der Waals surface area (Å²) in [5.41, 5.74) is 1.10. The zero-order valence-electron chi connectivity index (χ0n) is 14.3. The predicted molar refractivity (Wildman–Crippen MR) is 92.4 cm³/mol. The van der Waals surface area contributed by atoms with Gasteiger partial charge in [0.05, 0.1) is 0 Å². The summed E-state index contributed by atoms with van der Waals surface area (Å²) in [6, 6.07) is 1.98. The van der Waals surface area contributed by atoms with Crippen LogP contribution in [0.1, 0.15) is 36.8 Å². The van der Waals surface area contributed by atoms with E-state index in [-0.39, 0.29) is 0 Å². The van der Waals surface area contributed by atoms with Crippen LogP contribution in [0.3, 0.4) is 0 Å². The number of rotatable bonds is 3. The van der Waals surface area contributed by atoms with Gasteiger partial charge in [-0.15, -0.1) is 11.3 Å². The largest absolute Gasteiger partial charge is 0.434 e. The Morgan fingerprint density at radius 2 is 1.68 bits per heavy atom. The maximum Gasteiger partial charge on any atom is 0.434 e. The van der Waals surface area contributed by atoms with E-state index >= 15 is 0 Å². The molecule has 25 heavy (non-hydrogen) atoms. The molecule has 0 saturated carbocycles. The van der Waals surface area contributed by atoms with Gasteiger partial charge in [0.25, 0.3) is 0 Å². The Kier molecular flexibility index (Phi) is 4.86. The summed E-state index contributed by atoms with van der Waals surface area (Å²) in [5.74, 6) is 1.01. The number of aryl methyl sites for hydroxylation is 1. The minimum atomic E-state index is -4.39. The first kappa shape index (κ1) is 17.9. The number of alkyl halides is 3. The standard InChI is InChI=1S/C16H20F3N5S/c1-10(2)12-8-11(3)20-14(21-12)23-4-6-24(7-5-23)15-22-13(9-25-15)16(17,18)19/h8-10H,4-7H2,1-3H3. The molecule has 0 atom stereocenters. The predicted octanol–water partition coefficient (Wildman–Crippen LogP) is 3.71. The molecule has 0 unspecified atom stereocenters. The molecule has 0 N–H and O–H groups in total. The Morgan fingerprint density at radius 3 is 2.24 bits per heavy atom. The van der Waals surface area contributed by atoms with E-state index < -0.39 is 11.9 Å². The Bertz CT molecular complexity index is 736. The van der Waals surface area contributed by atoms with E-state index in [0.717, 1.165) is 28.1 Å². The first-order chi connectivity index (χ1) is 11.7. The van der Waals surface area contributed by atoms with Crippen molar-refractivity contribution in [1.82, 2.24) is 15.0 Å². The summed E-state index contributed by atoms with van der Waals surface area (Å²) < 4.78 is 38.1. The van der Waals surface area contributed by atoms with Gasteiger partial charge in [0, 0.05) is 42.9 Å². The Morgan fingerprint density at radius 1 is 1.04 bits per heavy atom. The van der Waals surface area contributed by atoms with Crippen LogP contribution in [-0.4, -0.2) is 41.1 Å². The fourth-order valence-corrected chi connectivity index (χ4v) is 3.54. The molecule has 3 rings (SSSR count). The summed E-state index contributed by atoms with van der Waals surface area (Å²) in [4.78, 5) is 16.8. The van der Waals surface area contributed by atoms with E-state index in [1.165, 1.54) is 0 Å². The van der Waals surface area contributed by atoms with Gasteiger partial charge in [-0.2, -0.15) is 13.2 Å². The highest BCUT2D eigenvalue weighted by atomic mass is 32.1. The lowest BCUT2D eigenvalue weighted by atomic mass is 10.1. The number of hydrogen-bond acceptors (Lipinski definition) is 6. The molecule has 0 bridgehead atoms. The lowest BCUT2D eigenvalue weighted by Gasteiger charge is -2.34. The third-order valence-corrected chi connectivity index (χ3v) is 4.97. The molecule has 5 nitrogen and oxygen atoms in total. The highest BCUT2D eigenvalue weighted by molar-refractivity contribution is 7.13. The average Bonchev–Trinajstić information content (AvgIpc) is 3.04. The van der Waals surface area contributed by atoms with Crippen molar-refractivity contribution in [3.8, 4) is 0 Å². The van der Waals surface area contributed by atoms with Crippen molar-refractivity contribution in [1.29, 1.82) is 0 Å². The molecule has 9 heteroatoms. The van der Waals surface area contributed by atoms with E-state index in [1.807, 2.05) is 17.9 Å². The lowest BCUT2D eigenvalue weighted by Crippen LogP contribution is -2.47. The molecule has 1 fully saturated rings. The van der Waals surface area contributed by atoms with Crippen LogP contribution in [0.25, 0.3) is 0 Å². The van der Waals surface area contributed by atoms with Gasteiger partial charge < -0.3 is 9.80 Å². The number of piperazine rings is 1. The second kappa shape index (κ2) is 6.78. The minimum Gasteiger partial charge on any atom is -0.345 e. The second-order valence-corrected chi connectivity index (χ2v) is 7.21. The van der Waals surface area contributed by atoms with Gasteiger partial charge in [-0.1, -0.05) is 13.8 Å². The molecule has 0 radical (unpaired) electrons. The summed E-state index contributed by atoms with van der Waals surface area (Å²) >= 11 is 1.03. The highest BCUT2D eigenvalue weighted by Crippen LogP contribution is 2.33. The number of aromatic nitrogens is 3. The molecule has 3 heterocycles. The van der Waals surface area contributed by atoms with E-state index in [2.05, 4.69) is 33.7 Å². The number of anilines is 2. The van der Waals surface area contributed by atoms with Crippen LogP contribution in [0.4, 0.5) is 24.3 Å². The first-order valence-corrected chi connectivity index (χ1v) is 9.00. The molecular formula is C16H20F3N5S. The zero-order chi connectivity index (χ0) is 18.2. The van der Waals surface area contributed by atoms with Crippen molar-refractivity contribution < 1.29 is 13.2 Å². The summed E-state index contributed by atoms with van der Waals surface area (Å²) in [5, 5.41) is 1.49. The SMILES string of the molecule is Cc1cc(C(C)C)nc(N2CCN(c3nc(C(F)(F)F)cs3)CC2)n1. The summed E-state index contributed by atoms with van der Waals surface area (Å²) in [7, 11) is 0. The lowest BCUT2D eigenvalue weighted by molar-refractivity contribution is -0.140. The third-order valence-electron chi connectivity index (χ3n) is 4.07. The fraction of sp³-hybridized carbons (Fsp3) is 0.562. The molecule has 1 aliphatic heterocycles. The maximum absolute atomic E-state index is 12.7. The summed E-state index contributed by atoms with van der Waals surface area (Å²) in [6.07, 6.45) is -4.39. The van der Waals surface area contributed by atoms with Crippen LogP contribution in [0.15, 0.2) is 11.4 Å². The number of thiazole rings is 1. The molecule has 0 aromatic carbocycles. The molecular weight excluding hydrogens is 351 g/mol. The maximum atomic E-state index is 12.7. The molecule has 0 spiro atoms. The first-order valence-electron chi connectivity index (χ1n) is 8.12. The van der Waals surface area contributed by atoms with Crippen LogP contribution in [0.2, 0.25) is 0 Å². The van der Waals surface area contributed by atoms with E-state index in [0.29, 0.717) is 43.2 Å². The zero-order valence-corrected chi connectivity index (χ0v) is 15.2. The fourth-order valence-electron chi connectivity index (χ4n) is 2.65. The number of halogens is 3. The van der Waals surface area contributed by atoms with Crippen molar-refractivity contribution in [2.45, 2.75) is 32.9 Å². The van der Waals surface area contributed by atoms with Gasteiger partial charge in [-0.25, -0.2) is 15.0 Å². The normalized spacial score (nSPS) is 16.0. The van der Waals surface area contributed by atoms with E-state index in [9.17, 15) is 13.2 Å². The van der Waals surface area contributed by atoms with Crippen LogP contribution >= 0.6 is 11.3 Å². The number of nitrogens with zero attached hydrogens (tertiary/aromatic N) is 5. The van der Waals surface area contributed by atoms with Crippen LogP contribution in [0, 0.1) is 6.92 Å². The Hall–Kier alpha value is -1.90. The van der Waals surface area contributed by atoms with Gasteiger partial charge in [0.1, 0.15) is 0 Å². The minimum absolute atomic E-state index is 0.317. The molecule has 136 valence electrons. The third kappa shape index (κ3) is 4.02. The van der Waals surface area contributed by atoms with E-state index in [4.69, 9.17) is 0 Å². The highest BCUT2D eigenvalue weighted by Gasteiger charge is 2.34. The molecule has 0 amide bonds. The van der Waals surface area contributed by atoms with Crippen LogP contribution in [-0.2, 0) is 6.18 Å². The molecule has 2 aromatic heterocycles. The van der Waals surface area contributed by atoms with Gasteiger partial charge in [0.2, 0.25) is 5.95 Å². The molecule has 1 saturated heterocycles. The summed E-state index contributed by atoms with van der Waals surface area (Å²) in [6.45, 7) is 8.62. The topological polar surface area (TPSA) is 45.2 Å². The van der Waals surface area contributed by atoms with Crippen molar-refractivity contribution in [2.75, 3.05) is 36.0 Å². The van der Waals surface area contributed by atoms with Crippen molar-refractivity contribution in [2.24, 2.45) is 0 Å². The van der Waals surface area contributed by atoms with Crippen LogP contribution < -0.4 is 9.80 Å². The Labute approximate surface area is 148 Å². The monoisotopic (exact) mass is 371 g/mol. The smallest absolute Gasteiger partial charge is 0.345 e. The molecule has 0 aliphatic carbocycles. The number of hydrogen-bond donors (Lipinski definition) is 0. The quantitative estimate of drug-likeness (QED) is 0.823. The van der Waals surface area contributed by atoms with Crippen LogP contribution in [0.5, 0.6) is 0 Å². The van der Waals surface area contributed by atoms with Crippen molar-refractivity contribution in [3.05, 3.63) is 28.5 Å². The molecule has 2 aromatic rings. The molecule has 1 aliphatic rings.